The predicted molar refractivity (Wildman–Crippen MR) is 105 cm³/mol. The number of hydrogen-bond donors (Lipinski definition) is 0. The van der Waals surface area contributed by atoms with E-state index < -0.39 is 5.97 Å². The normalized spacial score (nSPS) is 11.2. The zero-order valence-electron chi connectivity index (χ0n) is 16.2. The molecule has 0 bridgehead atoms. The van der Waals surface area contributed by atoms with Crippen LogP contribution in [-0.4, -0.2) is 30.2 Å². The number of ether oxygens (including phenoxy) is 4. The summed E-state index contributed by atoms with van der Waals surface area (Å²) < 4.78 is 21.2. The van der Waals surface area contributed by atoms with Gasteiger partial charge in [0, 0.05) is 5.56 Å². The van der Waals surface area contributed by atoms with Crippen molar-refractivity contribution in [2.75, 3.05) is 14.2 Å². The van der Waals surface area contributed by atoms with Gasteiger partial charge < -0.3 is 18.9 Å². The third-order valence-corrected chi connectivity index (χ3v) is 3.56. The topological polar surface area (TPSA) is 104 Å². The molecule has 2 rings (SSSR count). The van der Waals surface area contributed by atoms with E-state index >= 15 is 0 Å². The second-order valence-electron chi connectivity index (χ2n) is 5.40. The Bertz CT molecular complexity index is 1010. The number of allylic oxidation sites excluding steroid dienone is 2. The molecule has 0 amide bonds. The molecule has 0 unspecified atom stereocenters. The second kappa shape index (κ2) is 10.3. The molecule has 0 spiro atoms. The SMILES string of the molecule is C=C(C#N)C(=CC)Oc1cc(Oc2ccccc2C(=COC)C(=O)OC)ncn1. The Morgan fingerprint density at radius 3 is 2.59 bits per heavy atom. The summed E-state index contributed by atoms with van der Waals surface area (Å²) >= 11 is 0. The van der Waals surface area contributed by atoms with Crippen molar-refractivity contribution in [1.29, 1.82) is 5.26 Å². The number of nitriles is 1. The Kier molecular flexibility index (Phi) is 7.51. The van der Waals surface area contributed by atoms with Crippen molar-refractivity contribution in [3.05, 3.63) is 72.5 Å². The molecule has 1 aromatic carbocycles. The zero-order chi connectivity index (χ0) is 21.2. The third kappa shape index (κ3) is 5.43. The largest absolute Gasteiger partial charge is 0.503 e. The molecule has 0 aliphatic carbocycles. The van der Waals surface area contributed by atoms with E-state index in [9.17, 15) is 4.79 Å². The molecule has 29 heavy (non-hydrogen) atoms. The molecule has 0 aliphatic rings. The van der Waals surface area contributed by atoms with Gasteiger partial charge in [0.05, 0.1) is 32.1 Å². The molecule has 0 fully saturated rings. The molecule has 2 aromatic rings. The summed E-state index contributed by atoms with van der Waals surface area (Å²) in [5.41, 5.74) is 0.790. The lowest BCUT2D eigenvalue weighted by Gasteiger charge is -2.13. The quantitative estimate of drug-likeness (QED) is 0.219. The van der Waals surface area contributed by atoms with Crippen molar-refractivity contribution in [2.24, 2.45) is 0 Å². The van der Waals surface area contributed by atoms with E-state index in [1.165, 1.54) is 32.9 Å². The fraction of sp³-hybridized carbons (Fsp3) is 0.143. The second-order valence-corrected chi connectivity index (χ2v) is 5.40. The fourth-order valence-electron chi connectivity index (χ4n) is 2.24. The van der Waals surface area contributed by atoms with Crippen LogP contribution in [0.25, 0.3) is 5.57 Å². The van der Waals surface area contributed by atoms with Crippen LogP contribution in [0.5, 0.6) is 17.5 Å². The molecule has 1 heterocycles. The van der Waals surface area contributed by atoms with Gasteiger partial charge in [0.1, 0.15) is 29.5 Å². The van der Waals surface area contributed by atoms with Gasteiger partial charge in [-0.15, -0.1) is 0 Å². The average Bonchev–Trinajstić information content (AvgIpc) is 2.75. The van der Waals surface area contributed by atoms with Crippen LogP contribution in [0.3, 0.4) is 0 Å². The monoisotopic (exact) mass is 393 g/mol. The van der Waals surface area contributed by atoms with Gasteiger partial charge in [0.15, 0.2) is 0 Å². The lowest BCUT2D eigenvalue weighted by molar-refractivity contribution is -0.133. The first kappa shape index (κ1) is 21.2. The Labute approximate surface area is 168 Å². The summed E-state index contributed by atoms with van der Waals surface area (Å²) in [5.74, 6) is 0.370. The minimum absolute atomic E-state index is 0.159. The van der Waals surface area contributed by atoms with Crippen molar-refractivity contribution in [2.45, 2.75) is 6.92 Å². The van der Waals surface area contributed by atoms with E-state index in [4.69, 9.17) is 24.2 Å². The maximum atomic E-state index is 12.1. The maximum absolute atomic E-state index is 12.1. The summed E-state index contributed by atoms with van der Waals surface area (Å²) in [6.45, 7) is 5.32. The summed E-state index contributed by atoms with van der Waals surface area (Å²) in [5, 5.41) is 8.97. The molecule has 1 aromatic heterocycles. The van der Waals surface area contributed by atoms with E-state index in [2.05, 4.69) is 16.5 Å². The zero-order valence-corrected chi connectivity index (χ0v) is 16.2. The van der Waals surface area contributed by atoms with Crippen LogP contribution in [0.15, 0.2) is 66.9 Å². The van der Waals surface area contributed by atoms with Gasteiger partial charge >= 0.3 is 5.97 Å². The molecule has 8 heteroatoms. The number of methoxy groups -OCH3 is 2. The van der Waals surface area contributed by atoms with Crippen molar-refractivity contribution in [3.8, 4) is 23.6 Å². The van der Waals surface area contributed by atoms with Gasteiger partial charge in [0.25, 0.3) is 0 Å². The first-order valence-electron chi connectivity index (χ1n) is 8.38. The van der Waals surface area contributed by atoms with E-state index in [1.807, 2.05) is 6.07 Å². The van der Waals surface area contributed by atoms with E-state index in [1.54, 1.807) is 37.3 Å². The molecule has 0 aliphatic heterocycles. The molecule has 0 atom stereocenters. The lowest BCUT2D eigenvalue weighted by atomic mass is 10.1. The standard InChI is InChI=1S/C21H19N3O5/c1-5-17(14(2)11-22)28-19-10-20(24-13-23-19)29-18-9-7-6-8-15(18)16(12-26-3)21(25)27-4/h5-10,12-13H,2H2,1,3-4H3. The number of carbonyl (C=O) groups is 1. The smallest absolute Gasteiger partial charge is 0.341 e. The van der Waals surface area contributed by atoms with Crippen molar-refractivity contribution in [3.63, 3.8) is 0 Å². The molecule has 0 saturated heterocycles. The molecule has 0 radical (unpaired) electrons. The molecular weight excluding hydrogens is 374 g/mol. The highest BCUT2D eigenvalue weighted by molar-refractivity contribution is 6.17. The average molecular weight is 393 g/mol. The Morgan fingerprint density at radius 2 is 1.93 bits per heavy atom. The summed E-state index contributed by atoms with van der Waals surface area (Å²) in [6, 6.07) is 10.2. The maximum Gasteiger partial charge on any atom is 0.341 e. The van der Waals surface area contributed by atoms with E-state index in [-0.39, 0.29) is 28.7 Å². The first-order valence-corrected chi connectivity index (χ1v) is 8.38. The third-order valence-electron chi connectivity index (χ3n) is 3.56. The van der Waals surface area contributed by atoms with Gasteiger partial charge in [-0.3, -0.25) is 0 Å². The number of hydrogen-bond acceptors (Lipinski definition) is 8. The van der Waals surface area contributed by atoms with Gasteiger partial charge in [-0.1, -0.05) is 24.8 Å². The minimum Gasteiger partial charge on any atom is -0.503 e. The number of carbonyl (C=O) groups excluding carboxylic acids is 1. The summed E-state index contributed by atoms with van der Waals surface area (Å²) in [7, 11) is 2.70. The van der Waals surface area contributed by atoms with Gasteiger partial charge in [0.2, 0.25) is 11.8 Å². The Hall–Kier alpha value is -4.12. The first-order chi connectivity index (χ1) is 14.0. The van der Waals surface area contributed by atoms with E-state index in [0.29, 0.717) is 11.3 Å². The fourth-order valence-corrected chi connectivity index (χ4v) is 2.24. The number of esters is 1. The summed E-state index contributed by atoms with van der Waals surface area (Å²) in [4.78, 5) is 20.2. The minimum atomic E-state index is -0.581. The highest BCUT2D eigenvalue weighted by Gasteiger charge is 2.18. The van der Waals surface area contributed by atoms with Crippen molar-refractivity contribution in [1.82, 2.24) is 9.97 Å². The number of nitrogens with zero attached hydrogens (tertiary/aromatic N) is 3. The Balaban J connectivity index is 2.34. The van der Waals surface area contributed by atoms with Crippen LogP contribution in [0, 0.1) is 11.3 Å². The van der Waals surface area contributed by atoms with Gasteiger partial charge in [-0.05, 0) is 19.1 Å². The Morgan fingerprint density at radius 1 is 1.21 bits per heavy atom. The molecular formula is C21H19N3O5. The number of benzene rings is 1. The van der Waals surface area contributed by atoms with Crippen LogP contribution in [0.2, 0.25) is 0 Å². The van der Waals surface area contributed by atoms with Crippen molar-refractivity contribution < 1.29 is 23.7 Å². The predicted octanol–water partition coefficient (Wildman–Crippen LogP) is 3.79. The summed E-state index contributed by atoms with van der Waals surface area (Å²) in [6.07, 6.45) is 4.12. The van der Waals surface area contributed by atoms with Crippen molar-refractivity contribution >= 4 is 11.5 Å². The molecule has 0 saturated carbocycles. The number of para-hydroxylation sites is 1. The van der Waals surface area contributed by atoms with Crippen LogP contribution >= 0.6 is 0 Å². The number of aromatic nitrogens is 2. The molecule has 0 N–H and O–H groups in total. The van der Waals surface area contributed by atoms with Crippen LogP contribution < -0.4 is 9.47 Å². The van der Waals surface area contributed by atoms with Crippen LogP contribution in [0.4, 0.5) is 0 Å². The number of rotatable bonds is 8. The van der Waals surface area contributed by atoms with E-state index in [0.717, 1.165) is 0 Å². The highest BCUT2D eigenvalue weighted by Crippen LogP contribution is 2.31. The van der Waals surface area contributed by atoms with Gasteiger partial charge in [-0.2, -0.15) is 5.26 Å². The lowest BCUT2D eigenvalue weighted by Crippen LogP contribution is -2.06. The highest BCUT2D eigenvalue weighted by atomic mass is 16.5. The van der Waals surface area contributed by atoms with Crippen LogP contribution in [0.1, 0.15) is 12.5 Å². The molecule has 8 nitrogen and oxygen atoms in total. The van der Waals surface area contributed by atoms with Crippen LogP contribution in [-0.2, 0) is 14.3 Å². The molecule has 148 valence electrons. The van der Waals surface area contributed by atoms with Gasteiger partial charge in [-0.25, -0.2) is 14.8 Å².